The van der Waals surface area contributed by atoms with Crippen LogP contribution in [-0.2, 0) is 0 Å². The minimum Gasteiger partial charge on any atom is -0.435 e. The van der Waals surface area contributed by atoms with Crippen molar-refractivity contribution in [2.24, 2.45) is 0 Å². The number of nitrogens with one attached hydrogen (secondary N) is 2. The lowest BCUT2D eigenvalue weighted by Crippen LogP contribution is -2.32. The summed E-state index contributed by atoms with van der Waals surface area (Å²) in [6.07, 6.45) is 1.59. The molecule has 0 bridgehead atoms. The van der Waals surface area contributed by atoms with E-state index < -0.39 is 12.5 Å². The van der Waals surface area contributed by atoms with E-state index in [2.05, 4.69) is 28.0 Å². The zero-order chi connectivity index (χ0) is 26.7. The summed E-state index contributed by atoms with van der Waals surface area (Å²) in [5.41, 5.74) is 4.28. The number of imidazole rings is 1. The molecule has 2 amide bonds. The molecule has 2 aromatic carbocycles. The number of amides is 2. The molecule has 0 saturated heterocycles. The number of aromatic nitrogens is 2. The number of benzene rings is 2. The molecule has 192 valence electrons. The van der Waals surface area contributed by atoms with Crippen LogP contribution in [0.5, 0.6) is 5.75 Å². The number of halogens is 2. The summed E-state index contributed by atoms with van der Waals surface area (Å²) in [7, 11) is 0. The number of alkyl halides is 2. The zero-order valence-electron chi connectivity index (χ0n) is 20.0. The van der Waals surface area contributed by atoms with Crippen LogP contribution in [0.1, 0.15) is 32.0 Å². The standard InChI is InChI=1S/C26H24F2N4O4S/c1-15-3-6-19(13-16(15)2)32-21-14-17(23(34)29-10-12-33)9-11-31(21)22(25(32)37)24(35)30-18-4-7-20(8-5-18)36-26(27)28/h3-9,11,13-14,26,33H,10,12H2,1-2H3,(H2-,29,30,34,35,37)/p+1. The third-order valence-electron chi connectivity index (χ3n) is 5.79. The lowest BCUT2D eigenvalue weighted by atomic mass is 10.1. The summed E-state index contributed by atoms with van der Waals surface area (Å²) in [5, 5.41) is 14.7. The van der Waals surface area contributed by atoms with E-state index in [0.717, 1.165) is 16.8 Å². The van der Waals surface area contributed by atoms with Gasteiger partial charge in [-0.15, -0.1) is 0 Å². The van der Waals surface area contributed by atoms with Crippen LogP contribution >= 0.6 is 12.6 Å². The normalized spacial score (nSPS) is 11.1. The van der Waals surface area contributed by atoms with Crippen molar-refractivity contribution in [1.29, 1.82) is 0 Å². The molecule has 11 heteroatoms. The van der Waals surface area contributed by atoms with Crippen LogP contribution in [0.15, 0.2) is 65.8 Å². The molecule has 2 aromatic heterocycles. The topological polar surface area (TPSA) is 96.7 Å². The molecular formula is C26H25F2N4O4S+. The Morgan fingerprint density at radius 1 is 1.05 bits per heavy atom. The Hall–Kier alpha value is -3.96. The number of ether oxygens (including phenoxy) is 1. The Morgan fingerprint density at radius 2 is 1.78 bits per heavy atom. The minimum absolute atomic E-state index is 0.0318. The lowest BCUT2D eigenvalue weighted by Gasteiger charge is -2.06. The van der Waals surface area contributed by atoms with Crippen molar-refractivity contribution in [2.45, 2.75) is 25.5 Å². The predicted molar refractivity (Wildman–Crippen MR) is 136 cm³/mol. The molecule has 0 fully saturated rings. The molecule has 4 aromatic rings. The first-order valence-corrected chi connectivity index (χ1v) is 11.8. The summed E-state index contributed by atoms with van der Waals surface area (Å²) < 4.78 is 32.6. The largest absolute Gasteiger partial charge is 0.435 e. The first kappa shape index (κ1) is 26.1. The van der Waals surface area contributed by atoms with Crippen LogP contribution in [0.3, 0.4) is 0 Å². The fourth-order valence-electron chi connectivity index (χ4n) is 3.82. The maximum absolute atomic E-state index is 13.4. The summed E-state index contributed by atoms with van der Waals surface area (Å²) in [6.45, 7) is 0.926. The molecule has 0 atom stereocenters. The average Bonchev–Trinajstić information content (AvgIpc) is 3.16. The third kappa shape index (κ3) is 5.57. The molecule has 0 aliphatic carbocycles. The zero-order valence-corrected chi connectivity index (χ0v) is 20.9. The number of anilines is 1. The number of nitrogens with zero attached hydrogens (tertiary/aromatic N) is 2. The summed E-state index contributed by atoms with van der Waals surface area (Å²) >= 11 is 4.69. The highest BCUT2D eigenvalue weighted by atomic mass is 32.1. The molecule has 4 rings (SSSR count). The Kier molecular flexibility index (Phi) is 7.74. The van der Waals surface area contributed by atoms with E-state index in [1.54, 1.807) is 27.3 Å². The van der Waals surface area contributed by atoms with Gasteiger partial charge in [-0.2, -0.15) is 17.7 Å². The molecule has 2 heterocycles. The number of aliphatic hydroxyl groups excluding tert-OH is 1. The minimum atomic E-state index is -2.95. The first-order valence-electron chi connectivity index (χ1n) is 11.3. The Bertz CT molecular complexity index is 1470. The van der Waals surface area contributed by atoms with Crippen LogP contribution in [-0.4, -0.2) is 41.3 Å². The number of rotatable bonds is 8. The average molecular weight is 528 g/mol. The van der Waals surface area contributed by atoms with E-state index in [1.165, 1.54) is 24.3 Å². The van der Waals surface area contributed by atoms with Gasteiger partial charge in [0.15, 0.2) is 0 Å². The molecule has 0 aliphatic rings. The van der Waals surface area contributed by atoms with Crippen molar-refractivity contribution in [3.05, 3.63) is 83.2 Å². The molecule has 0 radical (unpaired) electrons. The number of aliphatic hydroxyl groups is 1. The number of carbonyl (C=O) groups excluding carboxylic acids is 2. The van der Waals surface area contributed by atoms with Gasteiger partial charge in [-0.1, -0.05) is 18.7 Å². The molecule has 37 heavy (non-hydrogen) atoms. The molecule has 8 nitrogen and oxygen atoms in total. The van der Waals surface area contributed by atoms with Crippen molar-refractivity contribution in [1.82, 2.24) is 9.88 Å². The second-order valence-corrected chi connectivity index (χ2v) is 8.68. The maximum Gasteiger partial charge on any atom is 0.387 e. The highest BCUT2D eigenvalue weighted by Crippen LogP contribution is 2.25. The smallest absolute Gasteiger partial charge is 0.387 e. The first-order chi connectivity index (χ1) is 17.7. The fraction of sp³-hybridized carbons (Fsp3) is 0.192. The fourth-order valence-corrected chi connectivity index (χ4v) is 4.25. The Balaban J connectivity index is 1.79. The van der Waals surface area contributed by atoms with Crippen LogP contribution in [0, 0.1) is 13.8 Å². The molecule has 0 saturated carbocycles. The van der Waals surface area contributed by atoms with Gasteiger partial charge in [-0.05, 0) is 67.4 Å². The van der Waals surface area contributed by atoms with E-state index in [-0.39, 0.29) is 30.5 Å². The van der Waals surface area contributed by atoms with Crippen molar-refractivity contribution in [2.75, 3.05) is 18.5 Å². The van der Waals surface area contributed by atoms with Crippen molar-refractivity contribution in [3.63, 3.8) is 0 Å². The van der Waals surface area contributed by atoms with Gasteiger partial charge < -0.3 is 20.5 Å². The lowest BCUT2D eigenvalue weighted by molar-refractivity contribution is -0.514. The quantitative estimate of drug-likeness (QED) is 0.208. The highest BCUT2D eigenvalue weighted by molar-refractivity contribution is 7.80. The number of carbonyl (C=O) groups is 2. The Labute approximate surface area is 216 Å². The number of pyridine rings is 1. The molecule has 0 aliphatic heterocycles. The van der Waals surface area contributed by atoms with E-state index in [9.17, 15) is 18.4 Å². The number of aryl methyl sites for hydroxylation is 2. The van der Waals surface area contributed by atoms with Crippen molar-refractivity contribution < 1.29 is 32.6 Å². The number of fused-ring (bicyclic) bond motifs is 1. The predicted octanol–water partition coefficient (Wildman–Crippen LogP) is 3.70. The number of thiol groups is 1. The summed E-state index contributed by atoms with van der Waals surface area (Å²) in [6, 6.07) is 14.5. The third-order valence-corrected chi connectivity index (χ3v) is 6.20. The van der Waals surface area contributed by atoms with E-state index in [1.807, 2.05) is 32.0 Å². The van der Waals surface area contributed by atoms with Crippen molar-refractivity contribution in [3.8, 4) is 11.4 Å². The molecule has 0 spiro atoms. The van der Waals surface area contributed by atoms with E-state index >= 15 is 0 Å². The van der Waals surface area contributed by atoms with Crippen LogP contribution < -0.4 is 19.8 Å². The maximum atomic E-state index is 13.4. The molecule has 0 unspecified atom stereocenters. The number of hydrogen-bond acceptors (Lipinski definition) is 5. The van der Waals surface area contributed by atoms with Crippen molar-refractivity contribution >= 4 is 35.8 Å². The summed E-state index contributed by atoms with van der Waals surface area (Å²) in [5.74, 6) is -0.902. The highest BCUT2D eigenvalue weighted by Gasteiger charge is 2.31. The SMILES string of the molecule is Cc1ccc(-n2c(S)c(C(=O)Nc3ccc(OC(F)F)cc3)[n+]3ccc(C(=O)NCCO)cc23)cc1C. The van der Waals surface area contributed by atoms with Gasteiger partial charge in [0, 0.05) is 18.3 Å². The van der Waals surface area contributed by atoms with Gasteiger partial charge in [0.2, 0.25) is 5.03 Å². The van der Waals surface area contributed by atoms with Gasteiger partial charge in [0.05, 0.1) is 18.4 Å². The van der Waals surface area contributed by atoms with Gasteiger partial charge in [0.1, 0.15) is 11.4 Å². The second kappa shape index (κ2) is 11.0. The Morgan fingerprint density at radius 3 is 2.43 bits per heavy atom. The van der Waals surface area contributed by atoms with Gasteiger partial charge in [-0.3, -0.25) is 9.59 Å². The van der Waals surface area contributed by atoms with Gasteiger partial charge in [-0.25, -0.2) is 0 Å². The molecule has 3 N–H and O–H groups in total. The monoisotopic (exact) mass is 527 g/mol. The van der Waals surface area contributed by atoms with Crippen LogP contribution in [0.2, 0.25) is 0 Å². The molecular weight excluding hydrogens is 502 g/mol. The van der Waals surface area contributed by atoms with Crippen LogP contribution in [0.25, 0.3) is 11.3 Å². The van der Waals surface area contributed by atoms with Gasteiger partial charge >= 0.3 is 12.5 Å². The second-order valence-electron chi connectivity index (χ2n) is 8.26. The summed E-state index contributed by atoms with van der Waals surface area (Å²) in [4.78, 5) is 25.9. The van der Waals surface area contributed by atoms with E-state index in [4.69, 9.17) is 5.11 Å². The van der Waals surface area contributed by atoms with E-state index in [0.29, 0.717) is 21.9 Å². The van der Waals surface area contributed by atoms with Gasteiger partial charge in [0.25, 0.3) is 17.2 Å². The van der Waals surface area contributed by atoms with Crippen LogP contribution in [0.4, 0.5) is 14.5 Å². The number of hydrogen-bond donors (Lipinski definition) is 4.